The number of nitrogens with one attached hydrogen (secondary N) is 1. The first kappa shape index (κ1) is 15.7. The molecule has 0 saturated carbocycles. The van der Waals surface area contributed by atoms with E-state index in [-0.39, 0.29) is 12.2 Å². The van der Waals surface area contributed by atoms with Gasteiger partial charge in [0, 0.05) is 13.6 Å². The fourth-order valence-electron chi connectivity index (χ4n) is 1.39. The molecule has 1 aromatic carbocycles. The fourth-order valence-corrected chi connectivity index (χ4v) is 2.37. The monoisotopic (exact) mass is 297 g/mol. The van der Waals surface area contributed by atoms with Gasteiger partial charge in [0.15, 0.2) is 0 Å². The van der Waals surface area contributed by atoms with Gasteiger partial charge in [0.05, 0.1) is 5.69 Å². The summed E-state index contributed by atoms with van der Waals surface area (Å²) in [7, 11) is -3.11. The van der Waals surface area contributed by atoms with Gasteiger partial charge in [-0.25, -0.2) is 0 Å². The van der Waals surface area contributed by atoms with Crippen LogP contribution in [0.15, 0.2) is 24.3 Å². The van der Waals surface area contributed by atoms with Crippen LogP contribution in [0.4, 0.5) is 18.9 Å². The first-order valence-electron chi connectivity index (χ1n) is 5.25. The number of anilines is 1. The molecular weight excluding hydrogens is 283 g/mol. The second-order valence-corrected chi connectivity index (χ2v) is 5.53. The molecule has 0 atom stereocenters. The normalized spacial score (nSPS) is 12.5. The van der Waals surface area contributed by atoms with Crippen molar-refractivity contribution < 1.29 is 21.6 Å². The summed E-state index contributed by atoms with van der Waals surface area (Å²) >= 11 is 0. The summed E-state index contributed by atoms with van der Waals surface area (Å²) in [4.78, 5) is 0. The Morgan fingerprint density at radius 3 is 2.42 bits per heavy atom. The number of nitrogens with two attached hydrogens (primary N) is 1. The molecule has 0 radical (unpaired) electrons. The van der Waals surface area contributed by atoms with Crippen molar-refractivity contribution in [2.24, 2.45) is 5.73 Å². The van der Waals surface area contributed by atoms with Crippen molar-refractivity contribution in [3.63, 3.8) is 0 Å². The van der Waals surface area contributed by atoms with Gasteiger partial charge >= 0.3 is 16.4 Å². The first-order chi connectivity index (χ1) is 8.67. The zero-order chi connectivity index (χ0) is 14.7. The molecule has 0 heterocycles. The van der Waals surface area contributed by atoms with Crippen LogP contribution in [-0.4, -0.2) is 28.2 Å². The lowest BCUT2D eigenvalue weighted by Crippen LogP contribution is -2.43. The van der Waals surface area contributed by atoms with Crippen molar-refractivity contribution in [1.82, 2.24) is 4.72 Å². The number of benzene rings is 1. The summed E-state index contributed by atoms with van der Waals surface area (Å²) in [6.07, 6.45) is -4.61. The molecule has 0 amide bonds. The molecule has 3 N–H and O–H groups in total. The van der Waals surface area contributed by atoms with Gasteiger partial charge in [-0.2, -0.15) is 26.3 Å². The molecule has 1 rings (SSSR count). The molecule has 0 saturated heterocycles. The Morgan fingerprint density at radius 1 is 1.32 bits per heavy atom. The standard InChI is InChI=1S/C10H14F3N3O2S/c1-16(9-5-3-2-4-8(9)6-14)19(17,18)15-7-10(11,12)13/h2-5,15H,6-7,14H2,1H3. The minimum absolute atomic E-state index is 0.0787. The third kappa shape index (κ3) is 4.37. The summed E-state index contributed by atoms with van der Waals surface area (Å²) in [5.41, 5.74) is 6.20. The number of alkyl halides is 3. The highest BCUT2D eigenvalue weighted by Crippen LogP contribution is 2.21. The van der Waals surface area contributed by atoms with E-state index in [0.29, 0.717) is 5.56 Å². The molecule has 108 valence electrons. The highest BCUT2D eigenvalue weighted by Gasteiger charge is 2.31. The highest BCUT2D eigenvalue weighted by molar-refractivity contribution is 7.90. The quantitative estimate of drug-likeness (QED) is 0.850. The van der Waals surface area contributed by atoms with Crippen molar-refractivity contribution in [3.05, 3.63) is 29.8 Å². The number of para-hydroxylation sites is 1. The largest absolute Gasteiger partial charge is 0.402 e. The minimum Gasteiger partial charge on any atom is -0.326 e. The summed E-state index contributed by atoms with van der Waals surface area (Å²) in [6.45, 7) is -1.54. The highest BCUT2D eigenvalue weighted by atomic mass is 32.2. The van der Waals surface area contributed by atoms with Crippen molar-refractivity contribution in [3.8, 4) is 0 Å². The Labute approximate surface area is 109 Å². The maximum Gasteiger partial charge on any atom is 0.402 e. The second-order valence-electron chi connectivity index (χ2n) is 3.74. The molecular formula is C10H14F3N3O2S. The van der Waals surface area contributed by atoms with Crippen LogP contribution in [0.25, 0.3) is 0 Å². The van der Waals surface area contributed by atoms with E-state index in [4.69, 9.17) is 5.73 Å². The zero-order valence-corrected chi connectivity index (χ0v) is 10.9. The van der Waals surface area contributed by atoms with E-state index in [1.165, 1.54) is 10.8 Å². The van der Waals surface area contributed by atoms with E-state index in [1.54, 1.807) is 18.2 Å². The molecule has 1 aromatic rings. The lowest BCUT2D eigenvalue weighted by molar-refractivity contribution is -0.121. The van der Waals surface area contributed by atoms with Crippen LogP contribution < -0.4 is 14.8 Å². The second kappa shape index (κ2) is 5.76. The molecule has 5 nitrogen and oxygen atoms in total. The first-order valence-corrected chi connectivity index (χ1v) is 6.69. The molecule has 0 aliphatic carbocycles. The topological polar surface area (TPSA) is 75.4 Å². The van der Waals surface area contributed by atoms with Crippen LogP contribution in [-0.2, 0) is 16.8 Å². The molecule has 0 unspecified atom stereocenters. The molecule has 0 spiro atoms. The van der Waals surface area contributed by atoms with Crippen molar-refractivity contribution >= 4 is 15.9 Å². The average molecular weight is 297 g/mol. The average Bonchev–Trinajstić information content (AvgIpc) is 2.35. The van der Waals surface area contributed by atoms with E-state index < -0.39 is 22.9 Å². The van der Waals surface area contributed by atoms with Gasteiger partial charge in [-0.05, 0) is 11.6 Å². The van der Waals surface area contributed by atoms with Gasteiger partial charge in [-0.15, -0.1) is 0 Å². The number of rotatable bonds is 5. The third-order valence-electron chi connectivity index (χ3n) is 2.37. The van der Waals surface area contributed by atoms with Crippen LogP contribution >= 0.6 is 0 Å². The van der Waals surface area contributed by atoms with Crippen molar-refractivity contribution in [2.75, 3.05) is 17.9 Å². The lowest BCUT2D eigenvalue weighted by atomic mass is 10.2. The van der Waals surface area contributed by atoms with E-state index in [2.05, 4.69) is 0 Å². The Balaban J connectivity index is 2.95. The maximum atomic E-state index is 12.0. The molecule has 0 aromatic heterocycles. The summed E-state index contributed by atoms with van der Waals surface area (Å²) in [6, 6.07) is 6.31. The molecule has 0 fully saturated rings. The van der Waals surface area contributed by atoms with Gasteiger partial charge in [0.1, 0.15) is 6.54 Å². The van der Waals surface area contributed by atoms with Crippen LogP contribution in [0.3, 0.4) is 0 Å². The van der Waals surface area contributed by atoms with Gasteiger partial charge in [0.25, 0.3) is 0 Å². The van der Waals surface area contributed by atoms with Crippen LogP contribution in [0.5, 0.6) is 0 Å². The van der Waals surface area contributed by atoms with Crippen molar-refractivity contribution in [1.29, 1.82) is 0 Å². The van der Waals surface area contributed by atoms with Gasteiger partial charge < -0.3 is 5.73 Å². The van der Waals surface area contributed by atoms with E-state index in [0.717, 1.165) is 11.4 Å². The maximum absolute atomic E-state index is 12.0. The molecule has 0 aliphatic heterocycles. The Kier molecular flexibility index (Phi) is 4.77. The van der Waals surface area contributed by atoms with Crippen LogP contribution in [0, 0.1) is 0 Å². The van der Waals surface area contributed by atoms with Crippen molar-refractivity contribution in [2.45, 2.75) is 12.7 Å². The minimum atomic E-state index is -4.61. The van der Waals surface area contributed by atoms with Crippen LogP contribution in [0.1, 0.15) is 5.56 Å². The van der Waals surface area contributed by atoms with Gasteiger partial charge in [0.2, 0.25) is 0 Å². The smallest absolute Gasteiger partial charge is 0.326 e. The van der Waals surface area contributed by atoms with Gasteiger partial charge in [-0.3, -0.25) is 4.31 Å². The predicted octanol–water partition coefficient (Wildman–Crippen LogP) is 0.978. The molecule has 19 heavy (non-hydrogen) atoms. The summed E-state index contributed by atoms with van der Waals surface area (Å²) in [5.74, 6) is 0. The number of hydrogen-bond donors (Lipinski definition) is 2. The molecule has 0 aliphatic rings. The number of hydrogen-bond acceptors (Lipinski definition) is 3. The summed E-state index contributed by atoms with van der Waals surface area (Å²) < 4.78 is 61.8. The fraction of sp³-hybridized carbons (Fsp3) is 0.400. The van der Waals surface area contributed by atoms with Crippen LogP contribution in [0.2, 0.25) is 0 Å². The van der Waals surface area contributed by atoms with Gasteiger partial charge in [-0.1, -0.05) is 18.2 Å². The Hall–Kier alpha value is -1.32. The number of halogens is 3. The lowest BCUT2D eigenvalue weighted by Gasteiger charge is -2.22. The Morgan fingerprint density at radius 2 is 1.89 bits per heavy atom. The SMILES string of the molecule is CN(c1ccccc1CN)S(=O)(=O)NCC(F)(F)F. The predicted molar refractivity (Wildman–Crippen MR) is 65.7 cm³/mol. The molecule has 0 bridgehead atoms. The number of nitrogens with zero attached hydrogens (tertiary/aromatic N) is 1. The molecule has 9 heteroatoms. The van der Waals surface area contributed by atoms with E-state index in [9.17, 15) is 21.6 Å². The zero-order valence-electron chi connectivity index (χ0n) is 10.1. The third-order valence-corrected chi connectivity index (χ3v) is 3.79. The van der Waals surface area contributed by atoms with E-state index in [1.807, 2.05) is 0 Å². The van der Waals surface area contributed by atoms with E-state index >= 15 is 0 Å². The Bertz CT molecular complexity index is 531. The summed E-state index contributed by atoms with van der Waals surface area (Å²) in [5, 5.41) is 0.